The van der Waals surface area contributed by atoms with Crippen molar-refractivity contribution in [3.05, 3.63) is 23.9 Å². The summed E-state index contributed by atoms with van der Waals surface area (Å²) in [7, 11) is 3.77. The quantitative estimate of drug-likeness (QED) is 0.696. The largest absolute Gasteiger partial charge is 0.387 e. The van der Waals surface area contributed by atoms with E-state index in [9.17, 15) is 5.11 Å². The minimum Gasteiger partial charge on any atom is -0.387 e. The second kappa shape index (κ2) is 4.20. The first-order valence-corrected chi connectivity index (χ1v) is 4.17. The molecule has 4 heteroatoms. The van der Waals surface area contributed by atoms with Gasteiger partial charge in [-0.15, -0.1) is 0 Å². The Morgan fingerprint density at radius 3 is 2.85 bits per heavy atom. The van der Waals surface area contributed by atoms with Crippen LogP contribution in [0.4, 0.5) is 5.82 Å². The minimum atomic E-state index is -0.633. The molecule has 1 rings (SSSR count). The molecule has 0 saturated heterocycles. The molecule has 0 bridgehead atoms. The average Bonchev–Trinajstić information content (AvgIpc) is 2.16. The molecule has 0 fully saturated rings. The number of hydrogen-bond acceptors (Lipinski definition) is 4. The second-order valence-electron chi connectivity index (χ2n) is 3.06. The van der Waals surface area contributed by atoms with Gasteiger partial charge in [-0.2, -0.15) is 0 Å². The maximum atomic E-state index is 9.57. The van der Waals surface area contributed by atoms with E-state index in [1.165, 1.54) is 0 Å². The van der Waals surface area contributed by atoms with E-state index in [0.29, 0.717) is 0 Å². The van der Waals surface area contributed by atoms with Crippen LogP contribution in [0.15, 0.2) is 18.3 Å². The van der Waals surface area contributed by atoms with Crippen molar-refractivity contribution >= 4 is 5.82 Å². The zero-order valence-electron chi connectivity index (χ0n) is 7.94. The van der Waals surface area contributed by atoms with E-state index in [4.69, 9.17) is 5.73 Å². The zero-order valence-corrected chi connectivity index (χ0v) is 7.94. The van der Waals surface area contributed by atoms with Crippen LogP contribution in [-0.2, 0) is 0 Å². The van der Waals surface area contributed by atoms with E-state index < -0.39 is 6.10 Å². The van der Waals surface area contributed by atoms with Crippen molar-refractivity contribution < 1.29 is 5.11 Å². The molecule has 72 valence electrons. The first-order chi connectivity index (χ1) is 6.16. The van der Waals surface area contributed by atoms with Crippen LogP contribution >= 0.6 is 0 Å². The lowest BCUT2D eigenvalue weighted by atomic mass is 10.1. The van der Waals surface area contributed by atoms with Gasteiger partial charge in [0.05, 0.1) is 6.10 Å². The van der Waals surface area contributed by atoms with Crippen LogP contribution in [0.3, 0.4) is 0 Å². The van der Waals surface area contributed by atoms with Gasteiger partial charge >= 0.3 is 0 Å². The highest BCUT2D eigenvalue weighted by Gasteiger charge is 2.12. The van der Waals surface area contributed by atoms with Crippen molar-refractivity contribution in [1.82, 2.24) is 4.98 Å². The maximum Gasteiger partial charge on any atom is 0.133 e. The Labute approximate surface area is 78.0 Å². The van der Waals surface area contributed by atoms with Crippen LogP contribution in [0.2, 0.25) is 0 Å². The third kappa shape index (κ3) is 2.17. The molecule has 0 amide bonds. The minimum absolute atomic E-state index is 0.215. The fourth-order valence-electron chi connectivity index (χ4n) is 1.17. The molecule has 1 aromatic heterocycles. The van der Waals surface area contributed by atoms with Crippen molar-refractivity contribution in [2.45, 2.75) is 6.10 Å². The van der Waals surface area contributed by atoms with Crippen LogP contribution < -0.4 is 10.6 Å². The molecule has 0 aliphatic rings. The number of aliphatic hydroxyl groups excluding tert-OH is 1. The highest BCUT2D eigenvalue weighted by molar-refractivity contribution is 5.46. The molecule has 0 spiro atoms. The Morgan fingerprint density at radius 2 is 2.31 bits per heavy atom. The zero-order chi connectivity index (χ0) is 9.84. The third-order valence-corrected chi connectivity index (χ3v) is 1.82. The smallest absolute Gasteiger partial charge is 0.133 e. The number of anilines is 1. The van der Waals surface area contributed by atoms with E-state index in [-0.39, 0.29) is 6.54 Å². The van der Waals surface area contributed by atoms with E-state index >= 15 is 0 Å². The van der Waals surface area contributed by atoms with Gasteiger partial charge in [-0.05, 0) is 6.07 Å². The molecule has 0 saturated carbocycles. The second-order valence-corrected chi connectivity index (χ2v) is 3.06. The summed E-state index contributed by atoms with van der Waals surface area (Å²) in [4.78, 5) is 6.01. The third-order valence-electron chi connectivity index (χ3n) is 1.82. The van der Waals surface area contributed by atoms with Crippen molar-refractivity contribution in [2.24, 2.45) is 5.73 Å². The van der Waals surface area contributed by atoms with Crippen LogP contribution in [0.1, 0.15) is 11.7 Å². The summed E-state index contributed by atoms with van der Waals surface area (Å²) >= 11 is 0. The topological polar surface area (TPSA) is 62.4 Å². The lowest BCUT2D eigenvalue weighted by molar-refractivity contribution is 0.187. The van der Waals surface area contributed by atoms with Crippen LogP contribution in [0, 0.1) is 0 Å². The predicted octanol–water partition coefficient (Wildman–Crippen LogP) is 0.140. The van der Waals surface area contributed by atoms with Gasteiger partial charge in [0.25, 0.3) is 0 Å². The molecule has 0 aromatic carbocycles. The number of hydrogen-bond donors (Lipinski definition) is 2. The Morgan fingerprint density at radius 1 is 1.62 bits per heavy atom. The van der Waals surface area contributed by atoms with Gasteiger partial charge in [0.1, 0.15) is 5.82 Å². The first-order valence-electron chi connectivity index (χ1n) is 4.17. The van der Waals surface area contributed by atoms with Crippen LogP contribution in [-0.4, -0.2) is 30.7 Å². The Bertz CT molecular complexity index is 275. The highest BCUT2D eigenvalue weighted by atomic mass is 16.3. The molecular formula is C9H15N3O. The Kier molecular flexibility index (Phi) is 3.22. The van der Waals surface area contributed by atoms with Crippen molar-refractivity contribution in [3.63, 3.8) is 0 Å². The number of aromatic nitrogens is 1. The van der Waals surface area contributed by atoms with E-state index in [0.717, 1.165) is 11.4 Å². The fourth-order valence-corrected chi connectivity index (χ4v) is 1.17. The molecule has 1 heterocycles. The van der Waals surface area contributed by atoms with Gasteiger partial charge in [0.2, 0.25) is 0 Å². The van der Waals surface area contributed by atoms with E-state index in [1.807, 2.05) is 25.1 Å². The van der Waals surface area contributed by atoms with Gasteiger partial charge in [-0.1, -0.05) is 6.07 Å². The summed E-state index contributed by atoms with van der Waals surface area (Å²) in [5.74, 6) is 0.764. The molecule has 0 radical (unpaired) electrons. The molecule has 3 N–H and O–H groups in total. The van der Waals surface area contributed by atoms with Crippen LogP contribution in [0.5, 0.6) is 0 Å². The molecular weight excluding hydrogens is 166 g/mol. The molecule has 1 atom stereocenters. The SMILES string of the molecule is CN(C)c1ncccc1C(O)CN. The highest BCUT2D eigenvalue weighted by Crippen LogP contribution is 2.21. The molecule has 13 heavy (non-hydrogen) atoms. The van der Waals surface area contributed by atoms with Crippen molar-refractivity contribution in [1.29, 1.82) is 0 Å². The number of rotatable bonds is 3. The van der Waals surface area contributed by atoms with Gasteiger partial charge < -0.3 is 15.7 Å². The Balaban J connectivity index is 3.04. The first kappa shape index (κ1) is 9.95. The number of pyridine rings is 1. The van der Waals surface area contributed by atoms with Gasteiger partial charge in [-0.25, -0.2) is 4.98 Å². The normalized spacial score (nSPS) is 12.6. The summed E-state index contributed by atoms with van der Waals surface area (Å²) in [6, 6.07) is 3.63. The van der Waals surface area contributed by atoms with Gasteiger partial charge in [0, 0.05) is 32.4 Å². The maximum absolute atomic E-state index is 9.57. The summed E-state index contributed by atoms with van der Waals surface area (Å²) in [5, 5.41) is 9.57. The number of aliphatic hydroxyl groups is 1. The van der Waals surface area contributed by atoms with E-state index in [1.54, 1.807) is 12.3 Å². The molecule has 1 unspecified atom stereocenters. The molecule has 0 aliphatic heterocycles. The summed E-state index contributed by atoms with van der Waals surface area (Å²) in [6.07, 6.45) is 1.06. The van der Waals surface area contributed by atoms with Crippen molar-refractivity contribution in [2.75, 3.05) is 25.5 Å². The van der Waals surface area contributed by atoms with E-state index in [2.05, 4.69) is 4.98 Å². The molecule has 0 aliphatic carbocycles. The lowest BCUT2D eigenvalue weighted by Gasteiger charge is -2.18. The average molecular weight is 181 g/mol. The molecule has 4 nitrogen and oxygen atoms in total. The van der Waals surface area contributed by atoms with Gasteiger partial charge in [0.15, 0.2) is 0 Å². The Hall–Kier alpha value is -1.13. The summed E-state index contributed by atoms with van der Waals surface area (Å²) in [5.41, 5.74) is 6.15. The standard InChI is InChI=1S/C9H15N3O/c1-12(2)9-7(8(13)6-10)4-3-5-11-9/h3-5,8,13H,6,10H2,1-2H3. The van der Waals surface area contributed by atoms with Gasteiger partial charge in [-0.3, -0.25) is 0 Å². The van der Waals surface area contributed by atoms with Crippen LogP contribution in [0.25, 0.3) is 0 Å². The fraction of sp³-hybridized carbons (Fsp3) is 0.444. The number of nitrogens with two attached hydrogens (primary N) is 1. The predicted molar refractivity (Wildman–Crippen MR) is 52.6 cm³/mol. The lowest BCUT2D eigenvalue weighted by Crippen LogP contribution is -2.18. The number of nitrogens with zero attached hydrogens (tertiary/aromatic N) is 2. The van der Waals surface area contributed by atoms with Crippen molar-refractivity contribution in [3.8, 4) is 0 Å². The molecule has 1 aromatic rings. The summed E-state index contributed by atoms with van der Waals surface area (Å²) < 4.78 is 0. The monoisotopic (exact) mass is 181 g/mol. The summed E-state index contributed by atoms with van der Waals surface area (Å²) in [6.45, 7) is 0.215.